The minimum atomic E-state index is -0.0299. The number of hydrogen-bond acceptors (Lipinski definition) is 2. The summed E-state index contributed by atoms with van der Waals surface area (Å²) in [7, 11) is 0. The standard InChI is InChI=1S/C20H21N3O/c1-14-9-11-17(12-10-14)13-19(24)21-20-15(2)22-23(16(20)3)18-7-5-4-6-8-18/h4-12H,13H2,1-3H3,(H,21,24). The fourth-order valence-electron chi connectivity index (χ4n) is 2.72. The molecule has 0 saturated carbocycles. The number of rotatable bonds is 4. The highest BCUT2D eigenvalue weighted by Crippen LogP contribution is 2.23. The first kappa shape index (κ1) is 16.0. The van der Waals surface area contributed by atoms with Crippen LogP contribution in [-0.4, -0.2) is 15.7 Å². The average Bonchev–Trinajstić information content (AvgIpc) is 2.86. The number of nitrogens with one attached hydrogen (secondary N) is 1. The molecule has 0 bridgehead atoms. The van der Waals surface area contributed by atoms with Crippen molar-refractivity contribution in [2.75, 3.05) is 5.32 Å². The lowest BCUT2D eigenvalue weighted by atomic mass is 10.1. The number of nitrogens with zero attached hydrogens (tertiary/aromatic N) is 2. The molecule has 4 heteroatoms. The summed E-state index contributed by atoms with van der Waals surface area (Å²) in [6.07, 6.45) is 0.357. The molecule has 0 spiro atoms. The molecule has 1 amide bonds. The van der Waals surface area contributed by atoms with E-state index in [2.05, 4.69) is 10.4 Å². The summed E-state index contributed by atoms with van der Waals surface area (Å²) >= 11 is 0. The minimum Gasteiger partial charge on any atom is -0.323 e. The summed E-state index contributed by atoms with van der Waals surface area (Å²) in [6.45, 7) is 5.91. The number of aromatic nitrogens is 2. The third kappa shape index (κ3) is 3.38. The maximum Gasteiger partial charge on any atom is 0.228 e. The van der Waals surface area contributed by atoms with E-state index in [1.54, 1.807) is 0 Å². The molecule has 4 nitrogen and oxygen atoms in total. The molecule has 1 N–H and O–H groups in total. The lowest BCUT2D eigenvalue weighted by Gasteiger charge is -2.07. The first-order valence-corrected chi connectivity index (χ1v) is 8.01. The van der Waals surface area contributed by atoms with Gasteiger partial charge in [0.25, 0.3) is 0 Å². The van der Waals surface area contributed by atoms with Gasteiger partial charge in [0.15, 0.2) is 0 Å². The van der Waals surface area contributed by atoms with Crippen molar-refractivity contribution in [2.45, 2.75) is 27.2 Å². The van der Waals surface area contributed by atoms with Crippen molar-refractivity contribution in [3.8, 4) is 5.69 Å². The van der Waals surface area contributed by atoms with Crippen molar-refractivity contribution in [1.29, 1.82) is 0 Å². The van der Waals surface area contributed by atoms with Gasteiger partial charge in [-0.3, -0.25) is 4.79 Å². The zero-order chi connectivity index (χ0) is 17.1. The van der Waals surface area contributed by atoms with Crippen molar-refractivity contribution in [3.63, 3.8) is 0 Å². The SMILES string of the molecule is Cc1ccc(CC(=O)Nc2c(C)nn(-c3ccccc3)c2C)cc1. The van der Waals surface area contributed by atoms with Crippen LogP contribution >= 0.6 is 0 Å². The molecule has 0 aliphatic carbocycles. The summed E-state index contributed by atoms with van der Waals surface area (Å²) in [4.78, 5) is 12.4. The Bertz CT molecular complexity index is 849. The largest absolute Gasteiger partial charge is 0.323 e. The van der Waals surface area contributed by atoms with E-state index in [-0.39, 0.29) is 5.91 Å². The van der Waals surface area contributed by atoms with Crippen LogP contribution < -0.4 is 5.32 Å². The molecular weight excluding hydrogens is 298 g/mol. The third-order valence-electron chi connectivity index (χ3n) is 4.04. The Morgan fingerprint density at radius 1 is 1.00 bits per heavy atom. The summed E-state index contributed by atoms with van der Waals surface area (Å²) in [5, 5.41) is 7.56. The topological polar surface area (TPSA) is 46.9 Å². The number of carbonyl (C=O) groups is 1. The van der Waals surface area contributed by atoms with Gasteiger partial charge in [0.1, 0.15) is 0 Å². The van der Waals surface area contributed by atoms with Crippen LogP contribution in [0.25, 0.3) is 5.69 Å². The number of anilines is 1. The molecule has 0 aliphatic heterocycles. The average molecular weight is 319 g/mol. The highest BCUT2D eigenvalue weighted by Gasteiger charge is 2.15. The van der Waals surface area contributed by atoms with Crippen molar-refractivity contribution in [3.05, 3.63) is 77.1 Å². The molecule has 1 aromatic heterocycles. The molecular formula is C20H21N3O. The fourth-order valence-corrected chi connectivity index (χ4v) is 2.72. The van der Waals surface area contributed by atoms with E-state index in [4.69, 9.17) is 0 Å². The van der Waals surface area contributed by atoms with Crippen LogP contribution in [0.3, 0.4) is 0 Å². The molecule has 0 unspecified atom stereocenters. The molecule has 122 valence electrons. The van der Waals surface area contributed by atoms with E-state index in [0.29, 0.717) is 6.42 Å². The normalized spacial score (nSPS) is 10.6. The van der Waals surface area contributed by atoms with Crippen LogP contribution in [0.4, 0.5) is 5.69 Å². The molecule has 0 atom stereocenters. The number of benzene rings is 2. The van der Waals surface area contributed by atoms with E-state index in [9.17, 15) is 4.79 Å². The summed E-state index contributed by atoms with van der Waals surface area (Å²) in [5.41, 5.74) is 5.71. The Balaban J connectivity index is 1.79. The Hall–Kier alpha value is -2.88. The van der Waals surface area contributed by atoms with Crippen LogP contribution in [0.2, 0.25) is 0 Å². The fraction of sp³-hybridized carbons (Fsp3) is 0.200. The predicted molar refractivity (Wildman–Crippen MR) is 96.6 cm³/mol. The van der Waals surface area contributed by atoms with Gasteiger partial charge < -0.3 is 5.32 Å². The summed E-state index contributed by atoms with van der Waals surface area (Å²) in [6, 6.07) is 17.9. The Morgan fingerprint density at radius 3 is 2.33 bits per heavy atom. The first-order chi connectivity index (χ1) is 11.5. The van der Waals surface area contributed by atoms with Gasteiger partial charge >= 0.3 is 0 Å². The molecule has 2 aromatic carbocycles. The van der Waals surface area contributed by atoms with Gasteiger partial charge in [-0.15, -0.1) is 0 Å². The predicted octanol–water partition coefficient (Wildman–Crippen LogP) is 3.98. The van der Waals surface area contributed by atoms with Gasteiger partial charge in [0.05, 0.1) is 29.2 Å². The second-order valence-corrected chi connectivity index (χ2v) is 6.00. The van der Waals surface area contributed by atoms with Gasteiger partial charge in [-0.2, -0.15) is 5.10 Å². The maximum atomic E-state index is 12.4. The van der Waals surface area contributed by atoms with Crippen molar-refractivity contribution >= 4 is 11.6 Å². The molecule has 3 aromatic rings. The van der Waals surface area contributed by atoms with E-state index < -0.39 is 0 Å². The maximum absolute atomic E-state index is 12.4. The summed E-state index contributed by atoms with van der Waals surface area (Å²) in [5.74, 6) is -0.0299. The quantitative estimate of drug-likeness (QED) is 0.790. The molecule has 1 heterocycles. The molecule has 0 radical (unpaired) electrons. The van der Waals surface area contributed by atoms with Crippen LogP contribution in [0, 0.1) is 20.8 Å². The molecule has 0 fully saturated rings. The monoisotopic (exact) mass is 319 g/mol. The van der Waals surface area contributed by atoms with Gasteiger partial charge in [-0.05, 0) is 38.5 Å². The number of carbonyl (C=O) groups excluding carboxylic acids is 1. The van der Waals surface area contributed by atoms with E-state index in [1.807, 2.05) is 80.1 Å². The van der Waals surface area contributed by atoms with Crippen LogP contribution in [0.15, 0.2) is 54.6 Å². The highest BCUT2D eigenvalue weighted by atomic mass is 16.1. The van der Waals surface area contributed by atoms with Gasteiger partial charge in [0, 0.05) is 0 Å². The van der Waals surface area contributed by atoms with Crippen molar-refractivity contribution in [2.24, 2.45) is 0 Å². The van der Waals surface area contributed by atoms with E-state index >= 15 is 0 Å². The molecule has 0 aliphatic rings. The van der Waals surface area contributed by atoms with Gasteiger partial charge in [0.2, 0.25) is 5.91 Å². The van der Waals surface area contributed by atoms with Crippen LogP contribution in [0.1, 0.15) is 22.5 Å². The second kappa shape index (κ2) is 6.71. The van der Waals surface area contributed by atoms with Gasteiger partial charge in [-0.25, -0.2) is 4.68 Å². The summed E-state index contributed by atoms with van der Waals surface area (Å²) < 4.78 is 1.86. The lowest BCUT2D eigenvalue weighted by Crippen LogP contribution is -2.15. The Kier molecular flexibility index (Phi) is 4.47. The third-order valence-corrected chi connectivity index (χ3v) is 4.04. The molecule has 3 rings (SSSR count). The highest BCUT2D eigenvalue weighted by molar-refractivity contribution is 5.93. The number of para-hydroxylation sites is 1. The second-order valence-electron chi connectivity index (χ2n) is 6.00. The number of aryl methyl sites for hydroxylation is 2. The van der Waals surface area contributed by atoms with E-state index in [1.165, 1.54) is 5.56 Å². The van der Waals surface area contributed by atoms with Crippen LogP contribution in [0.5, 0.6) is 0 Å². The van der Waals surface area contributed by atoms with Crippen LogP contribution in [-0.2, 0) is 11.2 Å². The zero-order valence-corrected chi connectivity index (χ0v) is 14.2. The van der Waals surface area contributed by atoms with Gasteiger partial charge in [-0.1, -0.05) is 48.0 Å². The Labute approximate surface area is 142 Å². The van der Waals surface area contributed by atoms with E-state index in [0.717, 1.165) is 28.3 Å². The molecule has 0 saturated heterocycles. The minimum absolute atomic E-state index is 0.0299. The smallest absolute Gasteiger partial charge is 0.228 e. The zero-order valence-electron chi connectivity index (χ0n) is 14.2. The first-order valence-electron chi connectivity index (χ1n) is 8.01. The van der Waals surface area contributed by atoms with Crippen molar-refractivity contribution < 1.29 is 4.79 Å². The van der Waals surface area contributed by atoms with Crippen molar-refractivity contribution in [1.82, 2.24) is 9.78 Å². The Morgan fingerprint density at radius 2 is 1.67 bits per heavy atom. The lowest BCUT2D eigenvalue weighted by molar-refractivity contribution is -0.115. The molecule has 24 heavy (non-hydrogen) atoms. The number of hydrogen-bond donors (Lipinski definition) is 1. The number of amides is 1.